The Labute approximate surface area is 101 Å². The molecule has 5 heteroatoms. The van der Waals surface area contributed by atoms with Crippen molar-refractivity contribution in [1.82, 2.24) is 19.5 Å². The van der Waals surface area contributed by atoms with Gasteiger partial charge in [0.1, 0.15) is 23.8 Å². The van der Waals surface area contributed by atoms with Crippen LogP contribution in [0.3, 0.4) is 0 Å². The van der Waals surface area contributed by atoms with Crippen molar-refractivity contribution in [2.75, 3.05) is 5.73 Å². The van der Waals surface area contributed by atoms with Gasteiger partial charge in [0.15, 0.2) is 0 Å². The molecule has 0 aliphatic heterocycles. The lowest BCUT2D eigenvalue weighted by molar-refractivity contribution is 0.762. The molecule has 2 aromatic heterocycles. The number of aromatic nitrogens is 4. The Kier molecular flexibility index (Phi) is 2.83. The van der Waals surface area contributed by atoms with Gasteiger partial charge in [-0.1, -0.05) is 13.8 Å². The Morgan fingerprint density at radius 1 is 1.24 bits per heavy atom. The predicted molar refractivity (Wildman–Crippen MR) is 67.1 cm³/mol. The average molecular weight is 231 g/mol. The molecule has 0 amide bonds. The first kappa shape index (κ1) is 11.6. The van der Waals surface area contributed by atoms with Gasteiger partial charge in [-0.25, -0.2) is 15.0 Å². The standard InChI is InChI=1S/C12H17N5/c1-7(2)12-15-10(13)5-11(16-12)17-6-14-8(3)9(17)4/h5-7H,1-4H3,(H2,13,15,16). The fourth-order valence-electron chi connectivity index (χ4n) is 1.58. The number of nitrogens with zero attached hydrogens (tertiary/aromatic N) is 4. The lowest BCUT2D eigenvalue weighted by Crippen LogP contribution is -2.07. The van der Waals surface area contributed by atoms with Gasteiger partial charge in [0, 0.05) is 17.7 Å². The molecule has 0 aliphatic rings. The second-order valence-corrected chi connectivity index (χ2v) is 4.45. The summed E-state index contributed by atoms with van der Waals surface area (Å²) in [7, 11) is 0. The highest BCUT2D eigenvalue weighted by atomic mass is 15.1. The zero-order valence-electron chi connectivity index (χ0n) is 10.6. The van der Waals surface area contributed by atoms with Gasteiger partial charge in [-0.15, -0.1) is 0 Å². The van der Waals surface area contributed by atoms with Crippen LogP contribution in [0, 0.1) is 13.8 Å². The molecule has 0 saturated heterocycles. The number of rotatable bonds is 2. The third kappa shape index (κ3) is 2.13. The molecule has 90 valence electrons. The normalized spacial score (nSPS) is 11.1. The molecule has 0 aromatic carbocycles. The van der Waals surface area contributed by atoms with E-state index in [2.05, 4.69) is 15.0 Å². The second-order valence-electron chi connectivity index (χ2n) is 4.45. The van der Waals surface area contributed by atoms with E-state index < -0.39 is 0 Å². The maximum absolute atomic E-state index is 5.81. The van der Waals surface area contributed by atoms with Gasteiger partial charge in [0.25, 0.3) is 0 Å². The highest BCUT2D eigenvalue weighted by molar-refractivity contribution is 5.39. The van der Waals surface area contributed by atoms with Crippen molar-refractivity contribution in [2.45, 2.75) is 33.6 Å². The van der Waals surface area contributed by atoms with E-state index in [1.165, 1.54) is 0 Å². The molecular weight excluding hydrogens is 214 g/mol. The van der Waals surface area contributed by atoms with Crippen LogP contribution in [0.2, 0.25) is 0 Å². The third-order valence-corrected chi connectivity index (χ3v) is 2.76. The summed E-state index contributed by atoms with van der Waals surface area (Å²) in [6.07, 6.45) is 1.76. The number of hydrogen-bond acceptors (Lipinski definition) is 4. The fourth-order valence-corrected chi connectivity index (χ4v) is 1.58. The van der Waals surface area contributed by atoms with Crippen LogP contribution in [0.1, 0.15) is 37.0 Å². The van der Waals surface area contributed by atoms with Crippen molar-refractivity contribution in [3.8, 4) is 5.82 Å². The van der Waals surface area contributed by atoms with Crippen LogP contribution >= 0.6 is 0 Å². The van der Waals surface area contributed by atoms with Gasteiger partial charge in [0.2, 0.25) is 0 Å². The van der Waals surface area contributed by atoms with Crippen molar-refractivity contribution in [3.05, 3.63) is 29.6 Å². The van der Waals surface area contributed by atoms with E-state index in [0.29, 0.717) is 5.82 Å². The average Bonchev–Trinajstić information content (AvgIpc) is 2.59. The molecule has 2 N–H and O–H groups in total. The third-order valence-electron chi connectivity index (χ3n) is 2.76. The summed E-state index contributed by atoms with van der Waals surface area (Å²) in [6, 6.07) is 1.76. The smallest absolute Gasteiger partial charge is 0.143 e. The Bertz CT molecular complexity index is 542. The molecule has 0 saturated carbocycles. The topological polar surface area (TPSA) is 69.6 Å². The summed E-state index contributed by atoms with van der Waals surface area (Å²) in [5, 5.41) is 0. The first-order valence-corrected chi connectivity index (χ1v) is 5.64. The summed E-state index contributed by atoms with van der Waals surface area (Å²) < 4.78 is 1.93. The van der Waals surface area contributed by atoms with Gasteiger partial charge in [-0.05, 0) is 13.8 Å². The summed E-state index contributed by atoms with van der Waals surface area (Å²) in [5.74, 6) is 2.27. The Balaban J connectivity index is 2.56. The molecule has 5 nitrogen and oxygen atoms in total. The van der Waals surface area contributed by atoms with E-state index >= 15 is 0 Å². The minimum absolute atomic E-state index is 0.252. The molecular formula is C12H17N5. The fraction of sp³-hybridized carbons (Fsp3) is 0.417. The molecule has 0 radical (unpaired) electrons. The number of nitrogens with two attached hydrogens (primary N) is 1. The molecule has 0 fully saturated rings. The highest BCUT2D eigenvalue weighted by Gasteiger charge is 2.10. The van der Waals surface area contributed by atoms with Crippen LogP contribution in [0.25, 0.3) is 5.82 Å². The minimum Gasteiger partial charge on any atom is -0.384 e. The summed E-state index contributed by atoms with van der Waals surface area (Å²) in [4.78, 5) is 13.0. The van der Waals surface area contributed by atoms with Gasteiger partial charge >= 0.3 is 0 Å². The van der Waals surface area contributed by atoms with Crippen molar-refractivity contribution >= 4 is 5.82 Å². The van der Waals surface area contributed by atoms with E-state index in [0.717, 1.165) is 23.0 Å². The zero-order chi connectivity index (χ0) is 12.6. The summed E-state index contributed by atoms with van der Waals surface area (Å²) in [5.41, 5.74) is 7.87. The number of hydrogen-bond donors (Lipinski definition) is 1. The van der Waals surface area contributed by atoms with Crippen LogP contribution in [0.4, 0.5) is 5.82 Å². The molecule has 2 heterocycles. The molecule has 0 aliphatic carbocycles. The Morgan fingerprint density at radius 3 is 2.47 bits per heavy atom. The van der Waals surface area contributed by atoms with Crippen LogP contribution in [-0.4, -0.2) is 19.5 Å². The number of imidazole rings is 1. The monoisotopic (exact) mass is 231 g/mol. The lowest BCUT2D eigenvalue weighted by atomic mass is 10.2. The summed E-state index contributed by atoms with van der Waals surface area (Å²) >= 11 is 0. The largest absolute Gasteiger partial charge is 0.384 e. The zero-order valence-corrected chi connectivity index (χ0v) is 10.6. The van der Waals surface area contributed by atoms with Gasteiger partial charge in [-0.3, -0.25) is 4.57 Å². The molecule has 0 unspecified atom stereocenters. The van der Waals surface area contributed by atoms with Gasteiger partial charge in [-0.2, -0.15) is 0 Å². The van der Waals surface area contributed by atoms with Crippen molar-refractivity contribution in [1.29, 1.82) is 0 Å². The molecule has 2 rings (SSSR count). The van der Waals surface area contributed by atoms with Crippen LogP contribution < -0.4 is 5.73 Å². The highest BCUT2D eigenvalue weighted by Crippen LogP contribution is 2.17. The second kappa shape index (κ2) is 4.16. The number of anilines is 1. The first-order chi connectivity index (χ1) is 7.99. The van der Waals surface area contributed by atoms with E-state index in [-0.39, 0.29) is 5.92 Å². The van der Waals surface area contributed by atoms with Gasteiger partial charge in [0.05, 0.1) is 5.69 Å². The van der Waals surface area contributed by atoms with E-state index in [1.807, 2.05) is 32.3 Å². The lowest BCUT2D eigenvalue weighted by Gasteiger charge is -2.09. The van der Waals surface area contributed by atoms with Crippen molar-refractivity contribution in [2.24, 2.45) is 0 Å². The van der Waals surface area contributed by atoms with E-state index in [4.69, 9.17) is 5.73 Å². The molecule has 17 heavy (non-hydrogen) atoms. The quantitative estimate of drug-likeness (QED) is 0.858. The maximum atomic E-state index is 5.81. The van der Waals surface area contributed by atoms with E-state index in [1.54, 1.807) is 12.4 Å². The molecule has 2 aromatic rings. The van der Waals surface area contributed by atoms with Crippen LogP contribution in [0.15, 0.2) is 12.4 Å². The van der Waals surface area contributed by atoms with Crippen molar-refractivity contribution < 1.29 is 0 Å². The Hall–Kier alpha value is -1.91. The summed E-state index contributed by atoms with van der Waals surface area (Å²) in [6.45, 7) is 8.07. The predicted octanol–water partition coefficient (Wildman–Crippen LogP) is 1.98. The van der Waals surface area contributed by atoms with E-state index in [9.17, 15) is 0 Å². The SMILES string of the molecule is Cc1ncn(-c2cc(N)nc(C(C)C)n2)c1C. The Morgan fingerprint density at radius 2 is 1.94 bits per heavy atom. The number of nitrogen functional groups attached to an aromatic ring is 1. The van der Waals surface area contributed by atoms with Gasteiger partial charge < -0.3 is 5.73 Å². The number of aryl methyl sites for hydroxylation is 1. The molecule has 0 spiro atoms. The minimum atomic E-state index is 0.252. The molecule has 0 atom stereocenters. The maximum Gasteiger partial charge on any atom is 0.143 e. The first-order valence-electron chi connectivity index (χ1n) is 5.64. The van der Waals surface area contributed by atoms with Crippen molar-refractivity contribution in [3.63, 3.8) is 0 Å². The van der Waals surface area contributed by atoms with Crippen LogP contribution in [-0.2, 0) is 0 Å². The van der Waals surface area contributed by atoms with Crippen LogP contribution in [0.5, 0.6) is 0 Å². The molecule has 0 bridgehead atoms.